The van der Waals surface area contributed by atoms with Crippen LogP contribution in [0.3, 0.4) is 0 Å². The lowest BCUT2D eigenvalue weighted by Crippen LogP contribution is -2.29. The number of carbonyl (C=O) groups is 1. The van der Waals surface area contributed by atoms with E-state index in [0.29, 0.717) is 39.3 Å². The summed E-state index contributed by atoms with van der Waals surface area (Å²) < 4.78 is 7.77. The summed E-state index contributed by atoms with van der Waals surface area (Å²) in [4.78, 5) is 33.6. The van der Waals surface area contributed by atoms with E-state index < -0.39 is 0 Å². The van der Waals surface area contributed by atoms with Crippen LogP contribution in [-0.2, 0) is 16.0 Å². The van der Waals surface area contributed by atoms with Gasteiger partial charge in [0.1, 0.15) is 15.8 Å². The quantitative estimate of drug-likeness (QED) is 0.348. The van der Waals surface area contributed by atoms with Crippen molar-refractivity contribution in [2.24, 2.45) is 0 Å². The lowest BCUT2D eigenvalue weighted by atomic mass is 10.1. The summed E-state index contributed by atoms with van der Waals surface area (Å²) in [6, 6.07) is 13.9. The van der Waals surface area contributed by atoms with Gasteiger partial charge in [-0.3, -0.25) is 18.9 Å². The van der Waals surface area contributed by atoms with E-state index in [0.717, 1.165) is 37.9 Å². The van der Waals surface area contributed by atoms with Gasteiger partial charge in [-0.15, -0.1) is 0 Å². The summed E-state index contributed by atoms with van der Waals surface area (Å²) >= 11 is 6.75. The fourth-order valence-corrected chi connectivity index (χ4v) is 5.79. The first kappa shape index (κ1) is 24.7. The van der Waals surface area contributed by atoms with Crippen molar-refractivity contribution in [2.45, 2.75) is 38.7 Å². The predicted molar refractivity (Wildman–Crippen MR) is 148 cm³/mol. The number of thioether (sulfide) groups is 1. The minimum absolute atomic E-state index is 0.0813. The number of hydrogen-bond donors (Lipinski definition) is 1. The summed E-state index contributed by atoms with van der Waals surface area (Å²) in [7, 11) is 0. The summed E-state index contributed by atoms with van der Waals surface area (Å²) in [5, 5.41) is 3.32. The van der Waals surface area contributed by atoms with Crippen LogP contribution in [0.1, 0.15) is 36.0 Å². The van der Waals surface area contributed by atoms with E-state index >= 15 is 0 Å². The van der Waals surface area contributed by atoms with Crippen LogP contribution in [0.15, 0.2) is 58.4 Å². The van der Waals surface area contributed by atoms with Crippen LogP contribution in [0.5, 0.6) is 0 Å². The summed E-state index contributed by atoms with van der Waals surface area (Å²) in [5.74, 6) is 0.288. The molecule has 1 N–H and O–H groups in total. The summed E-state index contributed by atoms with van der Waals surface area (Å²) in [5.41, 5.74) is 2.83. The van der Waals surface area contributed by atoms with Crippen molar-refractivity contribution in [1.29, 1.82) is 0 Å². The van der Waals surface area contributed by atoms with E-state index in [1.54, 1.807) is 17.2 Å². The molecule has 186 valence electrons. The third-order valence-corrected chi connectivity index (χ3v) is 7.82. The lowest BCUT2D eigenvalue weighted by molar-refractivity contribution is -0.122. The molecule has 1 aromatic carbocycles. The van der Waals surface area contributed by atoms with Gasteiger partial charge in [0.05, 0.1) is 16.6 Å². The zero-order valence-electron chi connectivity index (χ0n) is 20.1. The van der Waals surface area contributed by atoms with Crippen LogP contribution >= 0.6 is 24.0 Å². The molecule has 9 heteroatoms. The molecule has 0 bridgehead atoms. The van der Waals surface area contributed by atoms with Crippen LogP contribution < -0.4 is 10.9 Å². The molecule has 2 aliphatic heterocycles. The molecular formula is C27H28N4O3S2. The van der Waals surface area contributed by atoms with Crippen molar-refractivity contribution in [3.8, 4) is 0 Å². The number of carbonyl (C=O) groups excluding carboxylic acids is 1. The number of fused-ring (bicyclic) bond motifs is 1. The zero-order chi connectivity index (χ0) is 25.1. The van der Waals surface area contributed by atoms with Gasteiger partial charge in [-0.05, 0) is 55.9 Å². The highest BCUT2D eigenvalue weighted by Gasteiger charge is 2.32. The van der Waals surface area contributed by atoms with Crippen LogP contribution in [0, 0.1) is 6.92 Å². The number of amides is 1. The van der Waals surface area contributed by atoms with Crippen molar-refractivity contribution < 1.29 is 9.53 Å². The maximum absolute atomic E-state index is 13.5. The largest absolute Gasteiger partial charge is 0.376 e. The zero-order valence-corrected chi connectivity index (χ0v) is 21.7. The van der Waals surface area contributed by atoms with Gasteiger partial charge in [-0.25, -0.2) is 4.98 Å². The van der Waals surface area contributed by atoms with E-state index in [2.05, 4.69) is 17.4 Å². The Hall–Kier alpha value is -3.01. The Labute approximate surface area is 219 Å². The van der Waals surface area contributed by atoms with Crippen molar-refractivity contribution in [2.75, 3.05) is 25.0 Å². The predicted octanol–water partition coefficient (Wildman–Crippen LogP) is 4.43. The lowest BCUT2D eigenvalue weighted by Gasteiger charge is -2.15. The maximum Gasteiger partial charge on any atom is 0.267 e. The third kappa shape index (κ3) is 5.23. The number of ether oxygens (including phenoxy) is 1. The first-order chi connectivity index (χ1) is 17.5. The minimum atomic E-state index is -0.229. The van der Waals surface area contributed by atoms with Crippen LogP contribution in [0.4, 0.5) is 5.82 Å². The second kappa shape index (κ2) is 10.9. The first-order valence-corrected chi connectivity index (χ1v) is 13.4. The Morgan fingerprint density at radius 1 is 1.22 bits per heavy atom. The molecule has 1 amide bonds. The molecule has 5 rings (SSSR count). The number of thiocarbonyl (C=S) groups is 1. The van der Waals surface area contributed by atoms with E-state index in [1.807, 2.05) is 37.3 Å². The van der Waals surface area contributed by atoms with E-state index in [-0.39, 0.29) is 17.6 Å². The van der Waals surface area contributed by atoms with Gasteiger partial charge in [-0.1, -0.05) is 60.4 Å². The Kier molecular flexibility index (Phi) is 7.50. The molecule has 3 aromatic rings. The number of aromatic nitrogens is 2. The molecule has 36 heavy (non-hydrogen) atoms. The Balaban J connectivity index is 1.41. The first-order valence-electron chi connectivity index (χ1n) is 12.2. The number of aryl methyl sites for hydroxylation is 2. The average Bonchev–Trinajstić information content (AvgIpc) is 3.49. The molecule has 2 aromatic heterocycles. The fraction of sp³-hybridized carbons (Fsp3) is 0.333. The maximum atomic E-state index is 13.5. The average molecular weight is 521 g/mol. The molecule has 2 fully saturated rings. The highest BCUT2D eigenvalue weighted by Crippen LogP contribution is 2.33. The number of hydrogen-bond acceptors (Lipinski definition) is 7. The highest BCUT2D eigenvalue weighted by molar-refractivity contribution is 8.26. The third-order valence-electron chi connectivity index (χ3n) is 6.44. The minimum Gasteiger partial charge on any atom is -0.376 e. The second-order valence-electron chi connectivity index (χ2n) is 9.00. The summed E-state index contributed by atoms with van der Waals surface area (Å²) in [6.07, 6.45) is 7.08. The summed E-state index contributed by atoms with van der Waals surface area (Å²) in [6.45, 7) is 3.76. The fourth-order valence-electron chi connectivity index (χ4n) is 4.50. The number of pyridine rings is 1. The molecule has 2 aliphatic rings. The van der Waals surface area contributed by atoms with Crippen molar-refractivity contribution in [3.05, 3.63) is 80.6 Å². The SMILES string of the molecule is Cc1cccn2c(=O)c(/C=C3\SC(=S)N(CCCc4ccccc4)C3=O)c(NC[C@@H]3CCCO3)nc12. The Morgan fingerprint density at radius 3 is 2.83 bits per heavy atom. The van der Waals surface area contributed by atoms with Crippen LogP contribution in [-0.4, -0.2) is 50.3 Å². The van der Waals surface area contributed by atoms with E-state index in [4.69, 9.17) is 21.9 Å². The normalized spacial score (nSPS) is 19.1. The monoisotopic (exact) mass is 520 g/mol. The molecule has 0 radical (unpaired) electrons. The number of benzene rings is 1. The number of anilines is 1. The van der Waals surface area contributed by atoms with Gasteiger partial charge in [0.25, 0.3) is 11.5 Å². The van der Waals surface area contributed by atoms with E-state index in [1.165, 1.54) is 21.7 Å². The Bertz CT molecular complexity index is 1380. The number of nitrogens with zero attached hydrogens (tertiary/aromatic N) is 3. The molecular weight excluding hydrogens is 492 g/mol. The van der Waals surface area contributed by atoms with Gasteiger partial charge in [0.15, 0.2) is 0 Å². The highest BCUT2D eigenvalue weighted by atomic mass is 32.2. The molecule has 4 heterocycles. The second-order valence-corrected chi connectivity index (χ2v) is 10.7. The molecule has 1 atom stereocenters. The van der Waals surface area contributed by atoms with Gasteiger partial charge >= 0.3 is 0 Å². The van der Waals surface area contributed by atoms with Gasteiger partial charge in [-0.2, -0.15) is 0 Å². The number of rotatable bonds is 8. The van der Waals surface area contributed by atoms with E-state index in [9.17, 15) is 9.59 Å². The van der Waals surface area contributed by atoms with Gasteiger partial charge in [0.2, 0.25) is 0 Å². The molecule has 0 unspecified atom stereocenters. The van der Waals surface area contributed by atoms with Crippen molar-refractivity contribution in [1.82, 2.24) is 14.3 Å². The number of nitrogens with one attached hydrogen (secondary N) is 1. The standard InChI is InChI=1S/C27H28N4O3S2/c1-18-8-5-13-30-24(18)29-23(28-17-20-12-7-15-34-20)21(25(30)32)16-22-26(33)31(27(35)36-22)14-6-11-19-9-3-2-4-10-19/h2-5,8-10,13,16,20,28H,6-7,11-12,14-15,17H2,1H3/b22-16-/t20-/m0/s1. The molecule has 0 saturated carbocycles. The van der Waals surface area contributed by atoms with Crippen LogP contribution in [0.25, 0.3) is 11.7 Å². The van der Waals surface area contributed by atoms with Crippen molar-refractivity contribution in [3.63, 3.8) is 0 Å². The molecule has 0 spiro atoms. The van der Waals surface area contributed by atoms with Gasteiger partial charge < -0.3 is 10.1 Å². The Morgan fingerprint density at radius 2 is 2.06 bits per heavy atom. The van der Waals surface area contributed by atoms with Gasteiger partial charge in [0, 0.05) is 25.9 Å². The van der Waals surface area contributed by atoms with Crippen molar-refractivity contribution >= 4 is 51.7 Å². The topological polar surface area (TPSA) is 75.9 Å². The molecule has 2 saturated heterocycles. The van der Waals surface area contributed by atoms with Crippen LogP contribution in [0.2, 0.25) is 0 Å². The smallest absolute Gasteiger partial charge is 0.267 e. The molecule has 7 nitrogen and oxygen atoms in total. The molecule has 0 aliphatic carbocycles.